The first kappa shape index (κ1) is 13.9. The maximum atomic E-state index is 11.6. The summed E-state index contributed by atoms with van der Waals surface area (Å²) < 4.78 is 6.86. The Labute approximate surface area is 117 Å². The zero-order chi connectivity index (χ0) is 14.5. The van der Waals surface area contributed by atoms with Gasteiger partial charge in [-0.15, -0.1) is 0 Å². The number of ether oxygens (including phenoxy) is 1. The van der Waals surface area contributed by atoms with E-state index in [0.29, 0.717) is 24.4 Å². The van der Waals surface area contributed by atoms with E-state index in [1.807, 2.05) is 17.8 Å². The van der Waals surface area contributed by atoms with E-state index in [1.54, 1.807) is 31.3 Å². The van der Waals surface area contributed by atoms with Gasteiger partial charge in [0.2, 0.25) is 0 Å². The summed E-state index contributed by atoms with van der Waals surface area (Å²) in [5, 5.41) is 3.19. The number of hydrogen-bond acceptors (Lipinski definition) is 5. The lowest BCUT2D eigenvalue weighted by Gasteiger charge is -2.10. The van der Waals surface area contributed by atoms with Crippen molar-refractivity contribution >= 4 is 17.3 Å². The second kappa shape index (κ2) is 6.10. The Morgan fingerprint density at radius 1 is 1.50 bits per heavy atom. The van der Waals surface area contributed by atoms with Gasteiger partial charge in [0, 0.05) is 19.4 Å². The van der Waals surface area contributed by atoms with Gasteiger partial charge in [0.1, 0.15) is 5.82 Å². The van der Waals surface area contributed by atoms with Gasteiger partial charge in [-0.2, -0.15) is 0 Å². The van der Waals surface area contributed by atoms with Gasteiger partial charge in [0.25, 0.3) is 0 Å². The fourth-order valence-electron chi connectivity index (χ4n) is 1.81. The third-order valence-electron chi connectivity index (χ3n) is 2.92. The quantitative estimate of drug-likeness (QED) is 0.641. The summed E-state index contributed by atoms with van der Waals surface area (Å²) in [4.78, 5) is 15.8. The molecule has 0 unspecified atom stereocenters. The Morgan fingerprint density at radius 3 is 2.90 bits per heavy atom. The van der Waals surface area contributed by atoms with Crippen LogP contribution in [0.25, 0.3) is 0 Å². The van der Waals surface area contributed by atoms with Crippen LogP contribution < -0.4 is 11.1 Å². The van der Waals surface area contributed by atoms with Crippen LogP contribution in [0.2, 0.25) is 0 Å². The highest BCUT2D eigenvalue weighted by Gasteiger charge is 2.09. The minimum Gasteiger partial charge on any atom is -0.462 e. The van der Waals surface area contributed by atoms with Gasteiger partial charge in [-0.3, -0.25) is 0 Å². The fourth-order valence-corrected chi connectivity index (χ4v) is 1.81. The molecule has 0 bridgehead atoms. The number of nitrogens with two attached hydrogens (primary N) is 1. The SMILES string of the molecule is CCOC(=O)c1ccc(NCc2nccn2C)c(N)c1. The van der Waals surface area contributed by atoms with Crippen LogP contribution >= 0.6 is 0 Å². The number of imidazole rings is 1. The summed E-state index contributed by atoms with van der Waals surface area (Å²) in [6, 6.07) is 5.07. The molecule has 2 rings (SSSR count). The molecule has 0 amide bonds. The van der Waals surface area contributed by atoms with Gasteiger partial charge in [-0.25, -0.2) is 9.78 Å². The van der Waals surface area contributed by atoms with Crippen LogP contribution in [0.3, 0.4) is 0 Å². The summed E-state index contributed by atoms with van der Waals surface area (Å²) in [7, 11) is 1.93. The van der Waals surface area contributed by atoms with Crippen LogP contribution in [-0.2, 0) is 18.3 Å². The Morgan fingerprint density at radius 2 is 2.30 bits per heavy atom. The molecule has 0 radical (unpaired) electrons. The van der Waals surface area contributed by atoms with Gasteiger partial charge in [0.15, 0.2) is 0 Å². The third kappa shape index (κ3) is 3.09. The number of rotatable bonds is 5. The second-order valence-electron chi connectivity index (χ2n) is 4.33. The number of aromatic nitrogens is 2. The van der Waals surface area contributed by atoms with Gasteiger partial charge in [0.05, 0.1) is 30.1 Å². The summed E-state index contributed by atoms with van der Waals surface area (Å²) in [6.07, 6.45) is 3.62. The second-order valence-corrected chi connectivity index (χ2v) is 4.33. The van der Waals surface area contributed by atoms with Crippen molar-refractivity contribution < 1.29 is 9.53 Å². The molecule has 0 aliphatic heterocycles. The van der Waals surface area contributed by atoms with E-state index < -0.39 is 0 Å². The molecule has 3 N–H and O–H groups in total. The average Bonchev–Trinajstić information content (AvgIpc) is 2.83. The van der Waals surface area contributed by atoms with Gasteiger partial charge in [-0.05, 0) is 25.1 Å². The van der Waals surface area contributed by atoms with Gasteiger partial charge < -0.3 is 20.4 Å². The van der Waals surface area contributed by atoms with Crippen LogP contribution in [-0.4, -0.2) is 22.1 Å². The molecule has 106 valence electrons. The van der Waals surface area contributed by atoms with Crippen molar-refractivity contribution in [3.05, 3.63) is 42.0 Å². The summed E-state index contributed by atoms with van der Waals surface area (Å²) in [5.41, 5.74) is 7.66. The monoisotopic (exact) mass is 274 g/mol. The molecule has 1 heterocycles. The predicted octanol–water partition coefficient (Wildman–Crippen LogP) is 1.79. The lowest BCUT2D eigenvalue weighted by atomic mass is 10.1. The standard InChI is InChI=1S/C14H18N4O2/c1-3-20-14(19)10-4-5-12(11(15)8-10)17-9-13-16-6-7-18(13)2/h4-8,17H,3,9,15H2,1-2H3. The Balaban J connectivity index is 2.06. The van der Waals surface area contributed by atoms with Crippen molar-refractivity contribution in [3.8, 4) is 0 Å². The molecule has 0 aliphatic rings. The van der Waals surface area contributed by atoms with Crippen LogP contribution in [0.15, 0.2) is 30.6 Å². The molecule has 0 atom stereocenters. The van der Waals surface area contributed by atoms with Crippen molar-refractivity contribution in [2.45, 2.75) is 13.5 Å². The Hall–Kier alpha value is -2.50. The summed E-state index contributed by atoms with van der Waals surface area (Å²) >= 11 is 0. The lowest BCUT2D eigenvalue weighted by molar-refractivity contribution is 0.0526. The molecule has 0 saturated carbocycles. The zero-order valence-corrected chi connectivity index (χ0v) is 11.6. The highest BCUT2D eigenvalue weighted by Crippen LogP contribution is 2.21. The molecule has 0 aliphatic carbocycles. The lowest BCUT2D eigenvalue weighted by Crippen LogP contribution is -2.09. The van der Waals surface area contributed by atoms with E-state index in [9.17, 15) is 4.79 Å². The number of benzene rings is 1. The fraction of sp³-hybridized carbons (Fsp3) is 0.286. The van der Waals surface area contributed by atoms with Crippen LogP contribution in [0.1, 0.15) is 23.1 Å². The molecule has 0 saturated heterocycles. The number of aryl methyl sites for hydroxylation is 1. The van der Waals surface area contributed by atoms with E-state index in [-0.39, 0.29) is 5.97 Å². The number of anilines is 2. The zero-order valence-electron chi connectivity index (χ0n) is 11.6. The minimum atomic E-state index is -0.366. The van der Waals surface area contributed by atoms with Crippen molar-refractivity contribution in [3.63, 3.8) is 0 Å². The molecule has 2 aromatic rings. The van der Waals surface area contributed by atoms with Crippen molar-refractivity contribution in [2.24, 2.45) is 7.05 Å². The van der Waals surface area contributed by atoms with Crippen molar-refractivity contribution in [2.75, 3.05) is 17.7 Å². The van der Waals surface area contributed by atoms with E-state index >= 15 is 0 Å². The molecule has 6 heteroatoms. The van der Waals surface area contributed by atoms with E-state index in [0.717, 1.165) is 11.5 Å². The highest BCUT2D eigenvalue weighted by atomic mass is 16.5. The number of nitrogens with zero attached hydrogens (tertiary/aromatic N) is 2. The normalized spacial score (nSPS) is 10.3. The maximum absolute atomic E-state index is 11.6. The largest absolute Gasteiger partial charge is 0.462 e. The first-order valence-electron chi connectivity index (χ1n) is 6.38. The highest BCUT2D eigenvalue weighted by molar-refractivity contribution is 5.91. The van der Waals surface area contributed by atoms with Gasteiger partial charge in [-0.1, -0.05) is 0 Å². The molecule has 0 spiro atoms. The average molecular weight is 274 g/mol. The van der Waals surface area contributed by atoms with Crippen LogP contribution in [0.5, 0.6) is 0 Å². The van der Waals surface area contributed by atoms with E-state index in [4.69, 9.17) is 10.5 Å². The van der Waals surface area contributed by atoms with Crippen molar-refractivity contribution in [1.82, 2.24) is 9.55 Å². The number of hydrogen-bond donors (Lipinski definition) is 2. The first-order valence-corrected chi connectivity index (χ1v) is 6.38. The minimum absolute atomic E-state index is 0.345. The number of nitrogens with one attached hydrogen (secondary N) is 1. The van der Waals surface area contributed by atoms with Crippen molar-refractivity contribution in [1.29, 1.82) is 0 Å². The predicted molar refractivity (Wildman–Crippen MR) is 77.3 cm³/mol. The van der Waals surface area contributed by atoms with E-state index in [2.05, 4.69) is 10.3 Å². The molecule has 0 fully saturated rings. The summed E-state index contributed by atoms with van der Waals surface area (Å²) in [6.45, 7) is 2.67. The van der Waals surface area contributed by atoms with Crippen LogP contribution in [0, 0.1) is 0 Å². The number of esters is 1. The van der Waals surface area contributed by atoms with Gasteiger partial charge >= 0.3 is 5.97 Å². The molecule has 6 nitrogen and oxygen atoms in total. The smallest absolute Gasteiger partial charge is 0.338 e. The Bertz CT molecular complexity index is 607. The number of carbonyl (C=O) groups is 1. The molecule has 1 aromatic heterocycles. The molecular weight excluding hydrogens is 256 g/mol. The maximum Gasteiger partial charge on any atom is 0.338 e. The van der Waals surface area contributed by atoms with E-state index in [1.165, 1.54) is 0 Å². The Kier molecular flexibility index (Phi) is 4.24. The third-order valence-corrected chi connectivity index (χ3v) is 2.92. The first-order chi connectivity index (χ1) is 9.61. The van der Waals surface area contributed by atoms with Crippen LogP contribution in [0.4, 0.5) is 11.4 Å². The molecule has 1 aromatic carbocycles. The number of nitrogen functional groups attached to an aromatic ring is 1. The molecule has 20 heavy (non-hydrogen) atoms. The topological polar surface area (TPSA) is 82.2 Å². The number of carbonyl (C=O) groups excluding carboxylic acids is 1. The molecular formula is C14H18N4O2. The summed E-state index contributed by atoms with van der Waals surface area (Å²) in [5.74, 6) is 0.536.